The lowest BCUT2D eigenvalue weighted by atomic mass is 10.1. The number of pyridine rings is 1. The minimum atomic E-state index is -0.212. The lowest BCUT2D eigenvalue weighted by Gasteiger charge is -2.07. The van der Waals surface area contributed by atoms with Gasteiger partial charge in [-0.3, -0.25) is 4.79 Å². The molecule has 1 saturated carbocycles. The number of rotatable bonds is 7. The molecule has 1 aromatic carbocycles. The van der Waals surface area contributed by atoms with Crippen LogP contribution in [-0.2, 0) is 6.54 Å². The Kier molecular flexibility index (Phi) is 5.35. The monoisotopic (exact) mass is 481 g/mol. The highest BCUT2D eigenvalue weighted by Crippen LogP contribution is 2.35. The molecule has 0 saturated heterocycles. The molecule has 1 amide bonds. The number of hydrogen-bond acceptors (Lipinski definition) is 5. The third kappa shape index (κ3) is 4.02. The Labute approximate surface area is 186 Å². The van der Waals surface area contributed by atoms with E-state index in [1.54, 1.807) is 11.6 Å². The van der Waals surface area contributed by atoms with Gasteiger partial charge >= 0.3 is 0 Å². The van der Waals surface area contributed by atoms with Crippen molar-refractivity contribution in [3.63, 3.8) is 0 Å². The smallest absolute Gasteiger partial charge is 0.259 e. The third-order valence-electron chi connectivity index (χ3n) is 5.33. The number of aryl methyl sites for hydroxylation is 1. The number of hydrogen-bond donors (Lipinski definition) is 1. The van der Waals surface area contributed by atoms with Crippen LogP contribution in [0.3, 0.4) is 0 Å². The van der Waals surface area contributed by atoms with Gasteiger partial charge in [-0.1, -0.05) is 43.2 Å². The molecule has 30 heavy (non-hydrogen) atoms. The van der Waals surface area contributed by atoms with Crippen LogP contribution in [0.25, 0.3) is 22.3 Å². The zero-order valence-corrected chi connectivity index (χ0v) is 18.6. The summed E-state index contributed by atoms with van der Waals surface area (Å²) in [4.78, 5) is 17.5. The molecule has 0 unspecified atom stereocenters. The largest absolute Gasteiger partial charge is 0.304 e. The van der Waals surface area contributed by atoms with Gasteiger partial charge in [0.25, 0.3) is 5.91 Å². The first kappa shape index (κ1) is 19.4. The molecule has 1 aliphatic rings. The number of carbonyl (C=O) groups is 1. The van der Waals surface area contributed by atoms with Crippen LogP contribution in [0.4, 0.5) is 5.82 Å². The van der Waals surface area contributed by atoms with Crippen molar-refractivity contribution in [2.24, 2.45) is 5.92 Å². The summed E-state index contributed by atoms with van der Waals surface area (Å²) < 4.78 is 6.81. The van der Waals surface area contributed by atoms with Gasteiger partial charge in [0.1, 0.15) is 0 Å². The van der Waals surface area contributed by atoms with Crippen molar-refractivity contribution in [1.29, 1.82) is 0 Å². The van der Waals surface area contributed by atoms with E-state index in [2.05, 4.69) is 25.6 Å². The molecule has 3 heterocycles. The Balaban J connectivity index is 1.53. The van der Waals surface area contributed by atoms with Crippen molar-refractivity contribution < 1.29 is 4.79 Å². The van der Waals surface area contributed by atoms with Gasteiger partial charge in [-0.05, 0) is 52.3 Å². The summed E-state index contributed by atoms with van der Waals surface area (Å²) in [5, 5.41) is 10.2. The molecule has 0 bridgehead atoms. The minimum absolute atomic E-state index is 0.212. The molecule has 8 heteroatoms. The van der Waals surface area contributed by atoms with E-state index in [4.69, 9.17) is 10.1 Å². The van der Waals surface area contributed by atoms with E-state index in [0.717, 1.165) is 45.6 Å². The van der Waals surface area contributed by atoms with E-state index in [0.29, 0.717) is 11.4 Å². The Hall–Kier alpha value is -2.58. The molecule has 1 N–H and O–H groups in total. The summed E-state index contributed by atoms with van der Waals surface area (Å²) in [6.45, 7) is 0.783. The molecule has 3 aromatic heterocycles. The average Bonchev–Trinajstić information content (AvgIpc) is 3.30. The molecule has 0 radical (unpaired) electrons. The van der Waals surface area contributed by atoms with Gasteiger partial charge in [-0.25, -0.2) is 14.0 Å². The van der Waals surface area contributed by atoms with E-state index in [1.165, 1.54) is 30.8 Å². The first-order valence-electron chi connectivity index (χ1n) is 10.0. The van der Waals surface area contributed by atoms with Gasteiger partial charge in [-0.15, -0.1) is 0 Å². The number of benzene rings is 1. The van der Waals surface area contributed by atoms with E-state index in [1.807, 2.05) is 41.1 Å². The van der Waals surface area contributed by atoms with Crippen LogP contribution in [0.1, 0.15) is 36.0 Å². The van der Waals surface area contributed by atoms with Crippen molar-refractivity contribution in [2.45, 2.75) is 32.2 Å². The fourth-order valence-electron chi connectivity index (χ4n) is 3.55. The van der Waals surface area contributed by atoms with Crippen LogP contribution >= 0.6 is 27.5 Å². The lowest BCUT2D eigenvalue weighted by molar-refractivity contribution is 0.102. The van der Waals surface area contributed by atoms with Gasteiger partial charge in [0.15, 0.2) is 11.5 Å². The Morgan fingerprint density at radius 2 is 2.10 bits per heavy atom. The quantitative estimate of drug-likeness (QED) is 0.364. The van der Waals surface area contributed by atoms with E-state index in [-0.39, 0.29) is 5.91 Å². The Morgan fingerprint density at radius 1 is 1.27 bits per heavy atom. The maximum absolute atomic E-state index is 12.6. The molecule has 4 aromatic rings. The number of halogens is 1. The first-order valence-corrected chi connectivity index (χ1v) is 11.6. The molecule has 0 atom stereocenters. The zero-order valence-electron chi connectivity index (χ0n) is 16.2. The lowest BCUT2D eigenvalue weighted by Crippen LogP contribution is -2.12. The average molecular weight is 482 g/mol. The molecule has 1 aliphatic carbocycles. The number of aromatic nitrogens is 4. The van der Waals surface area contributed by atoms with Crippen LogP contribution in [0, 0.1) is 5.92 Å². The molecule has 0 spiro atoms. The third-order valence-corrected chi connectivity index (χ3v) is 6.52. The summed E-state index contributed by atoms with van der Waals surface area (Å²) >= 11 is 4.91. The highest BCUT2D eigenvalue weighted by molar-refractivity contribution is 9.10. The molecular formula is C22H20BrN5OS. The Morgan fingerprint density at radius 3 is 2.83 bits per heavy atom. The number of carbonyl (C=O) groups excluding carboxylic acids is 1. The van der Waals surface area contributed by atoms with E-state index >= 15 is 0 Å². The summed E-state index contributed by atoms with van der Waals surface area (Å²) in [7, 11) is 0. The van der Waals surface area contributed by atoms with E-state index in [9.17, 15) is 4.79 Å². The van der Waals surface area contributed by atoms with Crippen molar-refractivity contribution >= 4 is 50.2 Å². The van der Waals surface area contributed by atoms with Crippen molar-refractivity contribution in [3.05, 3.63) is 58.0 Å². The standard InChI is InChI=1S/C22H20BrN5OS/c23-18-11-17-20(26-22(29)16-12-24-30-13-16)27-28(10-4-5-14-8-9-14)21(17)25-19(18)15-6-2-1-3-7-15/h1-3,6-7,11-14H,4-5,8-10H2,(H,26,27,29). The number of fused-ring (bicyclic) bond motifs is 1. The summed E-state index contributed by atoms with van der Waals surface area (Å²) in [5.41, 5.74) is 3.22. The van der Waals surface area contributed by atoms with E-state index < -0.39 is 0 Å². The summed E-state index contributed by atoms with van der Waals surface area (Å²) in [6, 6.07) is 12.1. The maximum atomic E-state index is 12.6. The normalized spacial score (nSPS) is 13.6. The summed E-state index contributed by atoms with van der Waals surface area (Å²) in [6.07, 6.45) is 6.53. The first-order chi connectivity index (χ1) is 14.7. The topological polar surface area (TPSA) is 72.7 Å². The molecule has 152 valence electrons. The zero-order chi connectivity index (χ0) is 20.5. The molecule has 0 aliphatic heterocycles. The van der Waals surface area contributed by atoms with Gasteiger partial charge < -0.3 is 5.32 Å². The van der Waals surface area contributed by atoms with Gasteiger partial charge in [0, 0.05) is 22.0 Å². The van der Waals surface area contributed by atoms with Crippen LogP contribution in [0.5, 0.6) is 0 Å². The van der Waals surface area contributed by atoms with Crippen LogP contribution in [0.2, 0.25) is 0 Å². The van der Waals surface area contributed by atoms with Gasteiger partial charge in [-0.2, -0.15) is 5.10 Å². The Bertz CT molecular complexity index is 1190. The van der Waals surface area contributed by atoms with Crippen molar-refractivity contribution in [2.75, 3.05) is 5.32 Å². The van der Waals surface area contributed by atoms with Crippen LogP contribution in [0.15, 0.2) is 52.4 Å². The van der Waals surface area contributed by atoms with Crippen LogP contribution < -0.4 is 5.32 Å². The fourth-order valence-corrected chi connectivity index (χ4v) is 4.62. The van der Waals surface area contributed by atoms with Crippen LogP contribution in [-0.4, -0.2) is 25.0 Å². The second-order valence-corrected chi connectivity index (χ2v) is 9.09. The molecule has 6 nitrogen and oxygen atoms in total. The highest BCUT2D eigenvalue weighted by Gasteiger charge is 2.22. The predicted octanol–water partition coefficient (Wildman–Crippen LogP) is 5.76. The van der Waals surface area contributed by atoms with Crippen molar-refractivity contribution in [3.8, 4) is 11.3 Å². The van der Waals surface area contributed by atoms with Gasteiger partial charge in [0.05, 0.1) is 22.8 Å². The van der Waals surface area contributed by atoms with Gasteiger partial charge in [0.2, 0.25) is 0 Å². The fraction of sp³-hybridized carbons (Fsp3) is 0.273. The SMILES string of the molecule is O=C(Nc1nn(CCCC2CC2)c2nc(-c3ccccc3)c(Br)cc12)c1cnsc1. The highest BCUT2D eigenvalue weighted by atomic mass is 79.9. The predicted molar refractivity (Wildman–Crippen MR) is 123 cm³/mol. The number of nitrogens with zero attached hydrogens (tertiary/aromatic N) is 4. The second-order valence-electron chi connectivity index (χ2n) is 7.58. The number of amides is 1. The minimum Gasteiger partial charge on any atom is -0.304 e. The molecule has 5 rings (SSSR count). The summed E-state index contributed by atoms with van der Waals surface area (Å²) in [5.74, 6) is 1.19. The second kappa shape index (κ2) is 8.28. The number of nitrogens with one attached hydrogen (secondary N) is 1. The number of anilines is 1. The maximum Gasteiger partial charge on any atom is 0.259 e. The molecule has 1 fully saturated rings. The van der Waals surface area contributed by atoms with Crippen molar-refractivity contribution in [1.82, 2.24) is 19.1 Å². The molecular weight excluding hydrogens is 462 g/mol.